The number of nitrogens with one attached hydrogen (secondary N) is 1. The van der Waals surface area contributed by atoms with Gasteiger partial charge >= 0.3 is 12.1 Å². The maximum absolute atomic E-state index is 12.3. The van der Waals surface area contributed by atoms with Crippen LogP contribution in [0.25, 0.3) is 11.3 Å². The Morgan fingerprint density at radius 2 is 1.88 bits per heavy atom. The van der Waals surface area contributed by atoms with E-state index in [1.165, 1.54) is 5.56 Å². The van der Waals surface area contributed by atoms with Crippen LogP contribution in [0.3, 0.4) is 0 Å². The minimum absolute atomic E-state index is 0.0113. The van der Waals surface area contributed by atoms with Crippen molar-refractivity contribution in [1.29, 1.82) is 0 Å². The summed E-state index contributed by atoms with van der Waals surface area (Å²) >= 11 is 0. The SMILES string of the molecule is O=C(O)C(F)(F)F.O=C1NCCn2nc3c(c21)CCc1cnc(N2CCC(O)CC2)cc1-3. The van der Waals surface area contributed by atoms with Gasteiger partial charge in [-0.15, -0.1) is 0 Å². The van der Waals surface area contributed by atoms with E-state index < -0.39 is 12.1 Å². The second kappa shape index (κ2) is 8.41. The van der Waals surface area contributed by atoms with Crippen LogP contribution >= 0.6 is 0 Å². The van der Waals surface area contributed by atoms with Crippen molar-refractivity contribution in [3.05, 3.63) is 29.1 Å². The number of amides is 1. The van der Waals surface area contributed by atoms with E-state index in [0.717, 1.165) is 73.7 Å². The topological polar surface area (TPSA) is 121 Å². The molecule has 12 heteroatoms. The summed E-state index contributed by atoms with van der Waals surface area (Å²) in [5.41, 5.74) is 5.03. The monoisotopic (exact) mass is 453 g/mol. The number of piperidine rings is 1. The quantitative estimate of drug-likeness (QED) is 0.597. The molecular weight excluding hydrogens is 431 g/mol. The number of hydrogen-bond donors (Lipinski definition) is 3. The lowest BCUT2D eigenvalue weighted by Gasteiger charge is -2.31. The number of alkyl halides is 3. The van der Waals surface area contributed by atoms with Crippen molar-refractivity contribution in [2.45, 2.75) is 44.5 Å². The molecule has 0 aromatic carbocycles. The third-order valence-electron chi connectivity index (χ3n) is 5.78. The third-order valence-corrected chi connectivity index (χ3v) is 5.78. The number of aromatic nitrogens is 3. The van der Waals surface area contributed by atoms with Crippen LogP contribution < -0.4 is 10.2 Å². The average Bonchev–Trinajstić information content (AvgIpc) is 3.14. The lowest BCUT2D eigenvalue weighted by molar-refractivity contribution is -0.192. The number of pyridine rings is 1. The summed E-state index contributed by atoms with van der Waals surface area (Å²) in [5.74, 6) is -1.83. The Morgan fingerprint density at radius 1 is 1.19 bits per heavy atom. The largest absolute Gasteiger partial charge is 0.490 e. The molecule has 1 saturated heterocycles. The number of hydrogen-bond acceptors (Lipinski definition) is 6. The van der Waals surface area contributed by atoms with E-state index in [9.17, 15) is 23.1 Å². The zero-order valence-electron chi connectivity index (χ0n) is 17.0. The molecule has 172 valence electrons. The van der Waals surface area contributed by atoms with Crippen molar-refractivity contribution in [2.75, 3.05) is 24.5 Å². The molecule has 0 unspecified atom stereocenters. The maximum Gasteiger partial charge on any atom is 0.490 e. The number of anilines is 1. The van der Waals surface area contributed by atoms with Crippen molar-refractivity contribution in [3.8, 4) is 11.3 Å². The number of carbonyl (C=O) groups is 2. The summed E-state index contributed by atoms with van der Waals surface area (Å²) in [5, 5.41) is 24.5. The molecule has 1 aliphatic carbocycles. The zero-order chi connectivity index (χ0) is 23.0. The van der Waals surface area contributed by atoms with E-state index in [1.807, 2.05) is 10.9 Å². The number of carboxylic acids is 1. The van der Waals surface area contributed by atoms with E-state index in [2.05, 4.69) is 21.3 Å². The van der Waals surface area contributed by atoms with E-state index >= 15 is 0 Å². The van der Waals surface area contributed by atoms with Crippen molar-refractivity contribution in [3.63, 3.8) is 0 Å². The predicted octanol–water partition coefficient (Wildman–Crippen LogP) is 1.38. The lowest BCUT2D eigenvalue weighted by atomic mass is 9.89. The summed E-state index contributed by atoms with van der Waals surface area (Å²) in [6.45, 7) is 3.01. The minimum atomic E-state index is -5.08. The number of aliphatic hydroxyl groups excluding tert-OH is 1. The van der Waals surface area contributed by atoms with Gasteiger partial charge in [0.15, 0.2) is 0 Å². The minimum Gasteiger partial charge on any atom is -0.475 e. The first-order valence-corrected chi connectivity index (χ1v) is 10.3. The molecule has 5 rings (SSSR count). The molecule has 0 atom stereocenters. The predicted molar refractivity (Wildman–Crippen MR) is 106 cm³/mol. The first-order valence-electron chi connectivity index (χ1n) is 10.3. The smallest absolute Gasteiger partial charge is 0.475 e. The number of aliphatic hydroxyl groups is 1. The highest BCUT2D eigenvalue weighted by Gasteiger charge is 2.38. The number of fused-ring (bicyclic) bond motifs is 5. The van der Waals surface area contributed by atoms with E-state index in [1.54, 1.807) is 0 Å². The molecule has 2 aromatic heterocycles. The Hall–Kier alpha value is -3.15. The van der Waals surface area contributed by atoms with Crippen LogP contribution in [0.1, 0.15) is 34.5 Å². The van der Waals surface area contributed by atoms with Gasteiger partial charge in [0, 0.05) is 37.0 Å². The fourth-order valence-electron chi connectivity index (χ4n) is 4.15. The van der Waals surface area contributed by atoms with E-state index in [4.69, 9.17) is 15.0 Å². The van der Waals surface area contributed by atoms with Gasteiger partial charge in [-0.05, 0) is 37.3 Å². The Kier molecular flexibility index (Phi) is 5.80. The van der Waals surface area contributed by atoms with Gasteiger partial charge in [0.05, 0.1) is 18.3 Å². The molecule has 0 radical (unpaired) electrons. The Balaban J connectivity index is 0.000000307. The number of aryl methyl sites for hydroxylation is 1. The van der Waals surface area contributed by atoms with Crippen molar-refractivity contribution < 1.29 is 33.0 Å². The number of rotatable bonds is 1. The molecule has 32 heavy (non-hydrogen) atoms. The van der Waals surface area contributed by atoms with Gasteiger partial charge in [-0.2, -0.15) is 18.3 Å². The van der Waals surface area contributed by atoms with E-state index in [-0.39, 0.29) is 12.0 Å². The summed E-state index contributed by atoms with van der Waals surface area (Å²) in [6, 6.07) is 2.11. The number of nitrogens with zero attached hydrogens (tertiary/aromatic N) is 4. The molecule has 9 nitrogen and oxygen atoms in total. The highest BCUT2D eigenvalue weighted by molar-refractivity contribution is 5.97. The van der Waals surface area contributed by atoms with Crippen molar-refractivity contribution in [2.24, 2.45) is 0 Å². The highest BCUT2D eigenvalue weighted by Crippen LogP contribution is 2.36. The lowest BCUT2D eigenvalue weighted by Crippen LogP contribution is -2.36. The van der Waals surface area contributed by atoms with Crippen LogP contribution in [0.5, 0.6) is 0 Å². The second-order valence-electron chi connectivity index (χ2n) is 7.88. The van der Waals surface area contributed by atoms with Gasteiger partial charge in [-0.3, -0.25) is 9.48 Å². The first kappa shape index (κ1) is 22.1. The summed E-state index contributed by atoms with van der Waals surface area (Å²) < 4.78 is 33.6. The molecule has 2 aliphatic heterocycles. The van der Waals surface area contributed by atoms with Crippen LogP contribution in [-0.2, 0) is 24.2 Å². The van der Waals surface area contributed by atoms with Crippen LogP contribution in [-0.4, -0.2) is 68.8 Å². The van der Waals surface area contributed by atoms with Gasteiger partial charge in [0.1, 0.15) is 11.5 Å². The molecule has 3 N–H and O–H groups in total. The second-order valence-corrected chi connectivity index (χ2v) is 7.88. The molecule has 3 aliphatic rings. The van der Waals surface area contributed by atoms with Gasteiger partial charge < -0.3 is 20.4 Å². The van der Waals surface area contributed by atoms with Crippen molar-refractivity contribution >= 4 is 17.7 Å². The Bertz CT molecular complexity index is 1040. The zero-order valence-corrected chi connectivity index (χ0v) is 17.0. The van der Waals surface area contributed by atoms with E-state index in [0.29, 0.717) is 6.54 Å². The molecular formula is C20H22F3N5O4. The Morgan fingerprint density at radius 3 is 2.53 bits per heavy atom. The number of carbonyl (C=O) groups excluding carboxylic acids is 1. The normalized spacial score (nSPS) is 18.0. The van der Waals surface area contributed by atoms with Crippen LogP contribution in [0, 0.1) is 0 Å². The molecule has 2 aromatic rings. The van der Waals surface area contributed by atoms with Gasteiger partial charge in [-0.1, -0.05) is 0 Å². The van der Waals surface area contributed by atoms with Crippen LogP contribution in [0.4, 0.5) is 19.0 Å². The van der Waals surface area contributed by atoms with Crippen LogP contribution in [0.2, 0.25) is 0 Å². The fourth-order valence-corrected chi connectivity index (χ4v) is 4.15. The molecule has 0 saturated carbocycles. The fraction of sp³-hybridized carbons (Fsp3) is 0.500. The maximum atomic E-state index is 12.3. The Labute approximate surface area is 180 Å². The average molecular weight is 453 g/mol. The number of halogens is 3. The number of carboxylic acid groups (broad SMARTS) is 1. The molecule has 0 spiro atoms. The summed E-state index contributed by atoms with van der Waals surface area (Å²) in [6.07, 6.45) is -0.0375. The third kappa shape index (κ3) is 4.27. The highest BCUT2D eigenvalue weighted by atomic mass is 19.4. The summed E-state index contributed by atoms with van der Waals surface area (Å²) in [4.78, 5) is 28.0. The first-order chi connectivity index (χ1) is 15.1. The van der Waals surface area contributed by atoms with Crippen LogP contribution in [0.15, 0.2) is 12.3 Å². The summed E-state index contributed by atoms with van der Waals surface area (Å²) in [7, 11) is 0. The van der Waals surface area contributed by atoms with Gasteiger partial charge in [0.25, 0.3) is 5.91 Å². The molecule has 1 amide bonds. The molecule has 0 bridgehead atoms. The molecule has 1 fully saturated rings. The molecule has 4 heterocycles. The standard InChI is InChI=1S/C18H21N5O2.C2HF3O2/c24-12-3-6-22(7-4-12)15-9-14-11(10-20-15)1-2-13-16(14)21-23-8-5-19-18(25)17(13)23;3-2(4,5)1(6)7/h9-10,12,24H,1-8H2,(H,19,25);(H,6,7). The number of aliphatic carboxylic acids is 1. The van der Waals surface area contributed by atoms with Crippen molar-refractivity contribution in [1.82, 2.24) is 20.1 Å². The van der Waals surface area contributed by atoms with Gasteiger partial charge in [-0.25, -0.2) is 9.78 Å². The van der Waals surface area contributed by atoms with Gasteiger partial charge in [0.2, 0.25) is 0 Å².